The average Bonchev–Trinajstić information content (AvgIpc) is 3.45. The molecule has 0 radical (unpaired) electrons. The summed E-state index contributed by atoms with van der Waals surface area (Å²) in [5.41, 5.74) is 5.66. The Kier molecular flexibility index (Phi) is 6.26. The highest BCUT2D eigenvalue weighted by Crippen LogP contribution is 2.34. The third-order valence-corrected chi connectivity index (χ3v) is 5.24. The standard InChI is InChI=1S/C18H26F3N5O2/c1-10(11-2-3-11)24-16-14(15(22)27)8-23-17(26-16)25-12-4-6-13(7-5-12)28-9-18(19,20)21/h8,10-13H,2-7,9H2,1H3,(H2,22,27)(H2,23,24,25,26)/t10-,12-,13-/m1/s1. The van der Waals surface area contributed by atoms with Crippen molar-refractivity contribution < 1.29 is 22.7 Å². The molecule has 2 aliphatic rings. The number of carbonyl (C=O) groups excluding carboxylic acids is 1. The first-order chi connectivity index (χ1) is 13.2. The van der Waals surface area contributed by atoms with Gasteiger partial charge in [0, 0.05) is 18.3 Å². The smallest absolute Gasteiger partial charge is 0.369 e. The van der Waals surface area contributed by atoms with Gasteiger partial charge in [0.25, 0.3) is 5.91 Å². The van der Waals surface area contributed by atoms with Crippen molar-refractivity contribution >= 4 is 17.7 Å². The van der Waals surface area contributed by atoms with Gasteiger partial charge in [0.1, 0.15) is 12.4 Å². The Morgan fingerprint density at radius 1 is 1.29 bits per heavy atom. The molecule has 1 amide bonds. The van der Waals surface area contributed by atoms with Crippen LogP contribution in [-0.4, -0.2) is 46.8 Å². The molecule has 0 unspecified atom stereocenters. The maximum Gasteiger partial charge on any atom is 0.411 e. The van der Waals surface area contributed by atoms with Crippen molar-refractivity contribution in [2.24, 2.45) is 11.7 Å². The summed E-state index contributed by atoms with van der Waals surface area (Å²) in [7, 11) is 0. The van der Waals surface area contributed by atoms with Crippen molar-refractivity contribution in [2.75, 3.05) is 17.2 Å². The summed E-state index contributed by atoms with van der Waals surface area (Å²) in [4.78, 5) is 20.2. The lowest BCUT2D eigenvalue weighted by atomic mass is 9.93. The van der Waals surface area contributed by atoms with E-state index in [-0.39, 0.29) is 23.8 Å². The van der Waals surface area contributed by atoms with Gasteiger partial charge >= 0.3 is 6.18 Å². The second-order valence-electron chi connectivity index (χ2n) is 7.63. The molecular formula is C18H26F3N5O2. The Morgan fingerprint density at radius 2 is 1.96 bits per heavy atom. The first kappa shape index (κ1) is 20.6. The van der Waals surface area contributed by atoms with Crippen LogP contribution in [0.25, 0.3) is 0 Å². The Hall–Kier alpha value is -2.10. The number of halogens is 3. The predicted octanol–water partition coefficient (Wildman–Crippen LogP) is 3.09. The number of alkyl halides is 3. The number of primary amides is 1. The number of hydrogen-bond acceptors (Lipinski definition) is 6. The highest BCUT2D eigenvalue weighted by molar-refractivity contribution is 5.97. The molecule has 4 N–H and O–H groups in total. The number of hydrogen-bond donors (Lipinski definition) is 3. The van der Waals surface area contributed by atoms with Crippen LogP contribution in [0.1, 0.15) is 55.8 Å². The van der Waals surface area contributed by atoms with Gasteiger partial charge in [-0.15, -0.1) is 0 Å². The summed E-state index contributed by atoms with van der Waals surface area (Å²) in [6.07, 6.45) is 1.41. The van der Waals surface area contributed by atoms with Crippen LogP contribution in [-0.2, 0) is 4.74 Å². The molecule has 0 spiro atoms. The van der Waals surface area contributed by atoms with Gasteiger partial charge in [-0.2, -0.15) is 18.2 Å². The van der Waals surface area contributed by atoms with Crippen molar-refractivity contribution in [1.82, 2.24) is 9.97 Å². The van der Waals surface area contributed by atoms with Crippen molar-refractivity contribution in [2.45, 2.75) is 69.8 Å². The number of nitrogens with one attached hydrogen (secondary N) is 2. The first-order valence-electron chi connectivity index (χ1n) is 9.59. The van der Waals surface area contributed by atoms with E-state index in [1.165, 1.54) is 6.20 Å². The molecule has 10 heteroatoms. The minimum atomic E-state index is -4.30. The Balaban J connectivity index is 1.56. The zero-order chi connectivity index (χ0) is 20.3. The van der Waals surface area contributed by atoms with Gasteiger partial charge in [-0.1, -0.05) is 0 Å². The van der Waals surface area contributed by atoms with Crippen molar-refractivity contribution in [3.05, 3.63) is 11.8 Å². The van der Waals surface area contributed by atoms with Crippen molar-refractivity contribution in [3.8, 4) is 0 Å². The van der Waals surface area contributed by atoms with Crippen LogP contribution < -0.4 is 16.4 Å². The maximum absolute atomic E-state index is 12.3. The molecule has 1 aromatic heterocycles. The molecule has 156 valence electrons. The molecule has 1 aromatic rings. The summed E-state index contributed by atoms with van der Waals surface area (Å²) in [6.45, 7) is 0.835. The maximum atomic E-state index is 12.3. The minimum Gasteiger partial charge on any atom is -0.369 e. The second kappa shape index (κ2) is 8.50. The Labute approximate surface area is 161 Å². The van der Waals surface area contributed by atoms with Crippen molar-refractivity contribution in [3.63, 3.8) is 0 Å². The van der Waals surface area contributed by atoms with E-state index in [4.69, 9.17) is 10.5 Å². The summed E-state index contributed by atoms with van der Waals surface area (Å²) in [5.74, 6) is 0.750. The first-order valence-corrected chi connectivity index (χ1v) is 9.59. The molecule has 3 rings (SSSR count). The zero-order valence-corrected chi connectivity index (χ0v) is 15.8. The van der Waals surface area contributed by atoms with Crippen LogP contribution in [0.5, 0.6) is 0 Å². The van der Waals surface area contributed by atoms with Gasteiger partial charge in [0.2, 0.25) is 5.95 Å². The van der Waals surface area contributed by atoms with E-state index >= 15 is 0 Å². The normalized spacial score (nSPS) is 23.9. The number of aromatic nitrogens is 2. The van der Waals surface area contributed by atoms with E-state index in [0.717, 1.165) is 12.8 Å². The zero-order valence-electron chi connectivity index (χ0n) is 15.8. The monoisotopic (exact) mass is 401 g/mol. The lowest BCUT2D eigenvalue weighted by molar-refractivity contribution is -0.187. The Bertz CT molecular complexity index is 688. The molecule has 2 saturated carbocycles. The van der Waals surface area contributed by atoms with Gasteiger partial charge in [-0.05, 0) is 51.4 Å². The third kappa shape index (κ3) is 5.95. The van der Waals surface area contributed by atoms with E-state index in [9.17, 15) is 18.0 Å². The Morgan fingerprint density at radius 3 is 2.54 bits per heavy atom. The van der Waals surface area contributed by atoms with Crippen LogP contribution in [0, 0.1) is 5.92 Å². The predicted molar refractivity (Wildman–Crippen MR) is 98.0 cm³/mol. The fourth-order valence-electron chi connectivity index (χ4n) is 3.44. The van der Waals surface area contributed by atoms with Crippen molar-refractivity contribution in [1.29, 1.82) is 0 Å². The number of rotatable bonds is 8. The van der Waals surface area contributed by atoms with Gasteiger partial charge in [0.05, 0.1) is 11.7 Å². The fourth-order valence-corrected chi connectivity index (χ4v) is 3.44. The topological polar surface area (TPSA) is 102 Å². The van der Waals surface area contributed by atoms with Gasteiger partial charge < -0.3 is 21.1 Å². The largest absolute Gasteiger partial charge is 0.411 e. The average molecular weight is 401 g/mol. The molecule has 7 nitrogen and oxygen atoms in total. The number of anilines is 2. The number of carbonyl (C=O) groups is 1. The fraction of sp³-hybridized carbons (Fsp3) is 0.722. The van der Waals surface area contributed by atoms with E-state index in [1.54, 1.807) is 0 Å². The molecule has 0 aliphatic heterocycles. The molecule has 2 fully saturated rings. The quantitative estimate of drug-likeness (QED) is 0.619. The second-order valence-corrected chi connectivity index (χ2v) is 7.63. The number of nitrogens with two attached hydrogens (primary N) is 1. The van der Waals surface area contributed by atoms with Crippen LogP contribution >= 0.6 is 0 Å². The van der Waals surface area contributed by atoms with Crippen LogP contribution in [0.3, 0.4) is 0 Å². The third-order valence-electron chi connectivity index (χ3n) is 5.24. The summed E-state index contributed by atoms with van der Waals surface area (Å²) >= 11 is 0. The highest BCUT2D eigenvalue weighted by Gasteiger charge is 2.31. The summed E-state index contributed by atoms with van der Waals surface area (Å²) in [5, 5.41) is 6.46. The molecule has 0 bridgehead atoms. The number of nitrogens with zero attached hydrogens (tertiary/aromatic N) is 2. The molecule has 0 aromatic carbocycles. The molecule has 0 saturated heterocycles. The van der Waals surface area contributed by atoms with E-state index in [0.29, 0.717) is 43.4 Å². The summed E-state index contributed by atoms with van der Waals surface area (Å²) in [6, 6.07) is 0.223. The molecule has 1 atom stereocenters. The van der Waals surface area contributed by atoms with E-state index in [1.807, 2.05) is 6.92 Å². The van der Waals surface area contributed by atoms with E-state index < -0.39 is 18.7 Å². The lowest BCUT2D eigenvalue weighted by Gasteiger charge is -2.29. The van der Waals surface area contributed by atoms with Crippen LogP contribution in [0.4, 0.5) is 24.9 Å². The molecule has 28 heavy (non-hydrogen) atoms. The molecule has 2 aliphatic carbocycles. The minimum absolute atomic E-state index is 0.0406. The SMILES string of the molecule is C[C@@H](Nc1nc(N[C@H]2CC[C@H](OCC(F)(F)F)CC2)ncc1C(N)=O)C1CC1. The molecular weight excluding hydrogens is 375 g/mol. The number of ether oxygens (including phenoxy) is 1. The lowest BCUT2D eigenvalue weighted by Crippen LogP contribution is -2.32. The van der Waals surface area contributed by atoms with Gasteiger partial charge in [-0.25, -0.2) is 4.98 Å². The van der Waals surface area contributed by atoms with Gasteiger partial charge in [0.15, 0.2) is 0 Å². The highest BCUT2D eigenvalue weighted by atomic mass is 19.4. The van der Waals surface area contributed by atoms with Gasteiger partial charge in [-0.3, -0.25) is 4.79 Å². The summed E-state index contributed by atoms with van der Waals surface area (Å²) < 4.78 is 41.7. The van der Waals surface area contributed by atoms with Crippen LogP contribution in [0.2, 0.25) is 0 Å². The van der Waals surface area contributed by atoms with E-state index in [2.05, 4.69) is 20.6 Å². The van der Waals surface area contributed by atoms with Crippen LogP contribution in [0.15, 0.2) is 6.20 Å². The molecule has 1 heterocycles. The number of amides is 1.